The highest BCUT2D eigenvalue weighted by Crippen LogP contribution is 2.59. The summed E-state index contributed by atoms with van der Waals surface area (Å²) in [6.07, 6.45) is 1.11. The maximum Gasteiger partial charge on any atom is 0.307 e. The van der Waals surface area contributed by atoms with Gasteiger partial charge in [-0.05, 0) is 25.0 Å². The first kappa shape index (κ1) is 3.95. The second-order valence-corrected chi connectivity index (χ2v) is 3.74. The summed E-state index contributed by atoms with van der Waals surface area (Å²) >= 11 is 0. The quantitative estimate of drug-likeness (QED) is 0.652. The summed E-state index contributed by atoms with van der Waals surface area (Å²) < 4.78 is 43.4. The summed E-state index contributed by atoms with van der Waals surface area (Å²) in [5.74, 6) is -2.31. The molecule has 2 heteroatoms. The number of aliphatic carboxylic acids is 1. The molecule has 0 saturated heterocycles. The van der Waals surface area contributed by atoms with Crippen LogP contribution >= 0.6 is 0 Å². The zero-order valence-electron chi connectivity index (χ0n) is 13.1. The van der Waals surface area contributed by atoms with E-state index in [0.717, 1.165) is 6.08 Å². The van der Waals surface area contributed by atoms with Crippen molar-refractivity contribution in [2.75, 3.05) is 0 Å². The first-order valence-electron chi connectivity index (χ1n) is 6.75. The minimum atomic E-state index is -2.73. The van der Waals surface area contributed by atoms with Gasteiger partial charge in [-0.25, -0.2) is 0 Å². The number of carboxylic acid groups (broad SMARTS) is 1. The molecule has 0 aromatic carbocycles. The highest BCUT2D eigenvalue weighted by molar-refractivity contribution is 5.76. The highest BCUT2D eigenvalue weighted by atomic mass is 16.4. The van der Waals surface area contributed by atoms with E-state index >= 15 is 0 Å². The Morgan fingerprint density at radius 1 is 1.58 bits per heavy atom. The summed E-state index contributed by atoms with van der Waals surface area (Å²) in [6.45, 7) is -2.09. The largest absolute Gasteiger partial charge is 0.481 e. The zero-order chi connectivity index (χ0) is 14.5. The summed E-state index contributed by atoms with van der Waals surface area (Å²) in [4.78, 5) is 11.0. The van der Waals surface area contributed by atoms with Crippen LogP contribution in [0.15, 0.2) is 11.6 Å². The van der Waals surface area contributed by atoms with Gasteiger partial charge in [-0.15, -0.1) is 0 Å². The molecule has 1 N–H and O–H groups in total. The van der Waals surface area contributed by atoms with Crippen molar-refractivity contribution in [3.8, 4) is 0 Å². The van der Waals surface area contributed by atoms with E-state index in [9.17, 15) is 4.79 Å². The molecule has 1 fully saturated rings. The number of carboxylic acids is 1. The van der Waals surface area contributed by atoms with Crippen LogP contribution in [-0.4, -0.2) is 11.1 Å². The van der Waals surface area contributed by atoms with Gasteiger partial charge in [0.15, 0.2) is 0 Å². The molecule has 0 radical (unpaired) electrons. The van der Waals surface area contributed by atoms with Gasteiger partial charge < -0.3 is 5.11 Å². The SMILES string of the molecule is [2H]C([2H])([2H])C(=C[C@@H]1[C@@H](C(=O)O)C1(C)C)C([2H])([2H])[2H]. The number of hydrogen-bond donors (Lipinski definition) is 1. The molecule has 0 bridgehead atoms. The second-order valence-electron chi connectivity index (χ2n) is 3.74. The van der Waals surface area contributed by atoms with E-state index in [1.54, 1.807) is 13.8 Å². The van der Waals surface area contributed by atoms with E-state index in [-0.39, 0.29) is 0 Å². The molecule has 0 heterocycles. The smallest absolute Gasteiger partial charge is 0.307 e. The molecular formula is C10H16O2. The van der Waals surface area contributed by atoms with Crippen molar-refractivity contribution in [1.82, 2.24) is 0 Å². The van der Waals surface area contributed by atoms with E-state index in [4.69, 9.17) is 13.3 Å². The number of carbonyl (C=O) groups is 1. The Bertz CT molecular complexity index is 374. The third kappa shape index (κ3) is 1.38. The van der Waals surface area contributed by atoms with Crippen molar-refractivity contribution in [2.24, 2.45) is 17.3 Å². The maximum absolute atomic E-state index is 11.0. The lowest BCUT2D eigenvalue weighted by molar-refractivity contribution is -0.139. The van der Waals surface area contributed by atoms with Gasteiger partial charge >= 0.3 is 5.97 Å². The average molecular weight is 174 g/mol. The molecule has 0 unspecified atom stereocenters. The Morgan fingerprint density at radius 3 is 2.50 bits per heavy atom. The van der Waals surface area contributed by atoms with Gasteiger partial charge in [0.1, 0.15) is 0 Å². The molecule has 1 aliphatic carbocycles. The van der Waals surface area contributed by atoms with Gasteiger partial charge in [0.05, 0.1) is 5.92 Å². The van der Waals surface area contributed by atoms with E-state index in [0.29, 0.717) is 0 Å². The second kappa shape index (κ2) is 2.61. The van der Waals surface area contributed by atoms with Crippen LogP contribution in [0, 0.1) is 17.3 Å². The Kier molecular flexibility index (Phi) is 0.859. The van der Waals surface area contributed by atoms with Crippen LogP contribution in [0.1, 0.15) is 35.8 Å². The van der Waals surface area contributed by atoms with Crippen molar-refractivity contribution >= 4 is 5.97 Å². The van der Waals surface area contributed by atoms with Crippen LogP contribution in [0.5, 0.6) is 0 Å². The fourth-order valence-corrected chi connectivity index (χ4v) is 1.64. The molecule has 1 aliphatic rings. The lowest BCUT2D eigenvalue weighted by Gasteiger charge is -1.96. The Hall–Kier alpha value is -0.790. The van der Waals surface area contributed by atoms with Crippen LogP contribution in [0.3, 0.4) is 0 Å². The first-order chi connectivity index (χ1) is 7.79. The molecular weight excluding hydrogens is 152 g/mol. The van der Waals surface area contributed by atoms with Crippen LogP contribution in [-0.2, 0) is 4.79 Å². The predicted octanol–water partition coefficient (Wildman–Crippen LogP) is 2.31. The van der Waals surface area contributed by atoms with Crippen molar-refractivity contribution in [1.29, 1.82) is 0 Å². The topological polar surface area (TPSA) is 37.3 Å². The normalized spacial score (nSPS) is 40.5. The summed E-state index contributed by atoms with van der Waals surface area (Å²) in [6, 6.07) is 0. The predicted molar refractivity (Wildman–Crippen MR) is 47.8 cm³/mol. The average Bonchev–Trinajstić information content (AvgIpc) is 2.59. The fourth-order valence-electron chi connectivity index (χ4n) is 1.64. The van der Waals surface area contributed by atoms with Gasteiger partial charge in [0, 0.05) is 8.22 Å². The molecule has 1 rings (SSSR count). The van der Waals surface area contributed by atoms with E-state index < -0.39 is 42.5 Å². The van der Waals surface area contributed by atoms with Crippen molar-refractivity contribution in [3.05, 3.63) is 11.6 Å². The van der Waals surface area contributed by atoms with Gasteiger partial charge in [-0.2, -0.15) is 0 Å². The Morgan fingerprint density at radius 2 is 2.17 bits per heavy atom. The van der Waals surface area contributed by atoms with E-state index in [1.807, 2.05) is 0 Å². The maximum atomic E-state index is 11.0. The molecule has 0 amide bonds. The van der Waals surface area contributed by atoms with Gasteiger partial charge in [-0.1, -0.05) is 25.5 Å². The van der Waals surface area contributed by atoms with Gasteiger partial charge in [0.25, 0.3) is 0 Å². The number of rotatable bonds is 2. The van der Waals surface area contributed by atoms with Gasteiger partial charge in [-0.3, -0.25) is 4.79 Å². The fraction of sp³-hybridized carbons (Fsp3) is 0.700. The molecule has 2 nitrogen and oxygen atoms in total. The lowest BCUT2D eigenvalue weighted by atomic mass is 10.1. The standard InChI is InChI=1S/C10H16O2/c1-6(2)5-7-8(9(11)12)10(7,3)4/h5,7-8H,1-4H3,(H,11,12)/t7-,8+/m1/s1/i1D3,2D3. The number of hydrogen-bond acceptors (Lipinski definition) is 1. The van der Waals surface area contributed by atoms with Crippen LogP contribution in [0.2, 0.25) is 0 Å². The molecule has 0 aliphatic heterocycles. The van der Waals surface area contributed by atoms with E-state index in [1.165, 1.54) is 0 Å². The Labute approximate surface area is 81.7 Å². The van der Waals surface area contributed by atoms with Gasteiger partial charge in [0.2, 0.25) is 0 Å². The summed E-state index contributed by atoms with van der Waals surface area (Å²) in [7, 11) is 0. The molecule has 0 spiro atoms. The molecule has 68 valence electrons. The lowest BCUT2D eigenvalue weighted by Crippen LogP contribution is -2.02. The first-order valence-corrected chi connectivity index (χ1v) is 3.75. The summed E-state index contributed by atoms with van der Waals surface area (Å²) in [5, 5.41) is 8.97. The van der Waals surface area contributed by atoms with Crippen LogP contribution < -0.4 is 0 Å². The Balaban J connectivity index is 3.11. The number of allylic oxidation sites excluding steroid dienone is 2. The molecule has 12 heavy (non-hydrogen) atoms. The summed E-state index contributed by atoms with van der Waals surface area (Å²) in [5.41, 5.74) is -1.25. The van der Waals surface area contributed by atoms with Crippen molar-refractivity contribution < 1.29 is 18.1 Å². The third-order valence-electron chi connectivity index (χ3n) is 2.52. The molecule has 0 aromatic heterocycles. The van der Waals surface area contributed by atoms with Crippen molar-refractivity contribution in [3.63, 3.8) is 0 Å². The minimum absolute atomic E-state index is 0.550. The molecule has 2 atom stereocenters. The zero-order valence-corrected chi connectivity index (χ0v) is 7.09. The minimum Gasteiger partial charge on any atom is -0.481 e. The highest BCUT2D eigenvalue weighted by Gasteiger charge is 2.60. The van der Waals surface area contributed by atoms with Crippen molar-refractivity contribution in [2.45, 2.75) is 27.6 Å². The third-order valence-corrected chi connectivity index (χ3v) is 2.52. The molecule has 0 aromatic rings. The van der Waals surface area contributed by atoms with E-state index in [2.05, 4.69) is 0 Å². The molecule has 1 saturated carbocycles. The van der Waals surface area contributed by atoms with Crippen LogP contribution in [0.4, 0.5) is 0 Å². The monoisotopic (exact) mass is 174 g/mol. The van der Waals surface area contributed by atoms with Crippen LogP contribution in [0.25, 0.3) is 0 Å².